The van der Waals surface area contributed by atoms with E-state index in [9.17, 15) is 4.79 Å². The molecule has 4 heteroatoms. The Morgan fingerprint density at radius 1 is 1.44 bits per heavy atom. The second-order valence-electron chi connectivity index (χ2n) is 4.49. The van der Waals surface area contributed by atoms with Crippen LogP contribution in [0.3, 0.4) is 0 Å². The van der Waals surface area contributed by atoms with Gasteiger partial charge in [-0.1, -0.05) is 19.1 Å². The normalized spacial score (nSPS) is 12.4. The third kappa shape index (κ3) is 4.75. The zero-order valence-electron chi connectivity index (χ0n) is 11.1. The molecule has 0 spiro atoms. The first-order chi connectivity index (χ1) is 8.52. The molecule has 2 N–H and O–H groups in total. The first-order valence-electron chi connectivity index (χ1n) is 6.24. The molecule has 4 nitrogen and oxygen atoms in total. The number of benzene rings is 1. The van der Waals surface area contributed by atoms with Crippen LogP contribution >= 0.6 is 0 Å². The van der Waals surface area contributed by atoms with E-state index in [-0.39, 0.29) is 6.10 Å². The Bertz CT molecular complexity index is 390. The molecule has 18 heavy (non-hydrogen) atoms. The van der Waals surface area contributed by atoms with Crippen molar-refractivity contribution in [2.75, 3.05) is 0 Å². The van der Waals surface area contributed by atoms with Crippen molar-refractivity contribution in [3.05, 3.63) is 29.8 Å². The van der Waals surface area contributed by atoms with Gasteiger partial charge in [-0.2, -0.15) is 0 Å². The van der Waals surface area contributed by atoms with E-state index in [2.05, 4.69) is 5.32 Å². The minimum Gasteiger partial charge on any atom is -0.491 e. The summed E-state index contributed by atoms with van der Waals surface area (Å²) >= 11 is 0. The molecule has 1 atom stereocenters. The van der Waals surface area contributed by atoms with Crippen molar-refractivity contribution < 1.29 is 14.6 Å². The van der Waals surface area contributed by atoms with Crippen molar-refractivity contribution in [2.45, 2.75) is 45.9 Å². The summed E-state index contributed by atoms with van der Waals surface area (Å²) in [6.45, 7) is 6.33. The van der Waals surface area contributed by atoms with Gasteiger partial charge in [-0.25, -0.2) is 0 Å². The molecule has 1 unspecified atom stereocenters. The van der Waals surface area contributed by atoms with Gasteiger partial charge >= 0.3 is 5.97 Å². The molecule has 0 amide bonds. The number of nitrogens with one attached hydrogen (secondary N) is 1. The molecular weight excluding hydrogens is 230 g/mol. The summed E-state index contributed by atoms with van der Waals surface area (Å²) in [7, 11) is 0. The number of carboxylic acid groups (broad SMARTS) is 1. The van der Waals surface area contributed by atoms with Gasteiger partial charge in [0.25, 0.3) is 0 Å². The van der Waals surface area contributed by atoms with Crippen molar-refractivity contribution in [2.24, 2.45) is 0 Å². The Labute approximate surface area is 108 Å². The van der Waals surface area contributed by atoms with E-state index in [1.807, 2.05) is 45.0 Å². The highest BCUT2D eigenvalue weighted by molar-refractivity contribution is 5.73. The summed E-state index contributed by atoms with van der Waals surface area (Å²) in [6, 6.07) is 7.20. The smallest absolute Gasteiger partial charge is 0.320 e. The van der Waals surface area contributed by atoms with Crippen LogP contribution in [-0.2, 0) is 11.3 Å². The lowest BCUT2D eigenvalue weighted by atomic mass is 10.1. The largest absolute Gasteiger partial charge is 0.491 e. The number of ether oxygens (including phenoxy) is 1. The van der Waals surface area contributed by atoms with Crippen LogP contribution in [0.2, 0.25) is 0 Å². The van der Waals surface area contributed by atoms with E-state index < -0.39 is 12.0 Å². The lowest BCUT2D eigenvalue weighted by molar-refractivity contribution is -0.139. The lowest BCUT2D eigenvalue weighted by Gasteiger charge is -2.14. The van der Waals surface area contributed by atoms with Gasteiger partial charge in [-0.15, -0.1) is 0 Å². The maximum atomic E-state index is 10.9. The lowest BCUT2D eigenvalue weighted by Crippen LogP contribution is -2.35. The van der Waals surface area contributed by atoms with Gasteiger partial charge in [0.2, 0.25) is 0 Å². The fourth-order valence-corrected chi connectivity index (χ4v) is 1.65. The molecule has 0 bridgehead atoms. The van der Waals surface area contributed by atoms with Crippen molar-refractivity contribution in [3.63, 3.8) is 0 Å². The summed E-state index contributed by atoms with van der Waals surface area (Å²) in [4.78, 5) is 10.9. The standard InChI is InChI=1S/C14H21NO3/c1-4-13(14(16)17)15-9-11-6-5-7-12(8-11)18-10(2)3/h5-8,10,13,15H,4,9H2,1-3H3,(H,16,17). The van der Waals surface area contributed by atoms with Crippen LogP contribution < -0.4 is 10.1 Å². The maximum absolute atomic E-state index is 10.9. The predicted octanol–water partition coefficient (Wildman–Crippen LogP) is 2.43. The number of hydrogen-bond acceptors (Lipinski definition) is 3. The van der Waals surface area contributed by atoms with Crippen molar-refractivity contribution in [1.29, 1.82) is 0 Å². The summed E-state index contributed by atoms with van der Waals surface area (Å²) in [6.07, 6.45) is 0.702. The summed E-state index contributed by atoms with van der Waals surface area (Å²) in [5, 5.41) is 11.9. The third-order valence-corrected chi connectivity index (χ3v) is 2.53. The fourth-order valence-electron chi connectivity index (χ4n) is 1.65. The fraction of sp³-hybridized carbons (Fsp3) is 0.500. The second-order valence-corrected chi connectivity index (χ2v) is 4.49. The highest BCUT2D eigenvalue weighted by Crippen LogP contribution is 2.15. The second kappa shape index (κ2) is 7.01. The van der Waals surface area contributed by atoms with Crippen molar-refractivity contribution >= 4 is 5.97 Å². The van der Waals surface area contributed by atoms with Crippen LogP contribution in [0.15, 0.2) is 24.3 Å². The first kappa shape index (κ1) is 14.5. The van der Waals surface area contributed by atoms with E-state index in [4.69, 9.17) is 9.84 Å². The van der Waals surface area contributed by atoms with Crippen molar-refractivity contribution in [3.8, 4) is 5.75 Å². The molecule has 1 aromatic carbocycles. The number of carbonyl (C=O) groups is 1. The zero-order valence-corrected chi connectivity index (χ0v) is 11.1. The molecule has 0 saturated carbocycles. The average molecular weight is 251 g/mol. The Morgan fingerprint density at radius 2 is 2.17 bits per heavy atom. The SMILES string of the molecule is CCC(NCc1cccc(OC(C)C)c1)C(=O)O. The van der Waals surface area contributed by atoms with Gasteiger partial charge in [-0.3, -0.25) is 4.79 Å². The van der Waals surface area contributed by atoms with Gasteiger partial charge in [0, 0.05) is 6.54 Å². The van der Waals surface area contributed by atoms with Gasteiger partial charge in [-0.05, 0) is 38.0 Å². The minimum atomic E-state index is -0.813. The van der Waals surface area contributed by atoms with Crippen LogP contribution in [0.5, 0.6) is 5.75 Å². The first-order valence-corrected chi connectivity index (χ1v) is 6.24. The molecule has 0 aliphatic carbocycles. The van der Waals surface area contributed by atoms with Gasteiger partial charge in [0.1, 0.15) is 11.8 Å². The molecule has 1 aromatic rings. The highest BCUT2D eigenvalue weighted by atomic mass is 16.5. The minimum absolute atomic E-state index is 0.135. The Kier molecular flexibility index (Phi) is 5.65. The number of aliphatic carboxylic acids is 1. The van der Waals surface area contributed by atoms with Gasteiger partial charge < -0.3 is 15.2 Å². The zero-order chi connectivity index (χ0) is 13.5. The van der Waals surface area contributed by atoms with E-state index >= 15 is 0 Å². The summed E-state index contributed by atoms with van der Waals surface area (Å²) < 4.78 is 5.59. The van der Waals surface area contributed by atoms with Gasteiger partial charge in [0.05, 0.1) is 6.10 Å². The Morgan fingerprint density at radius 3 is 2.72 bits per heavy atom. The maximum Gasteiger partial charge on any atom is 0.320 e. The topological polar surface area (TPSA) is 58.6 Å². The van der Waals surface area contributed by atoms with Gasteiger partial charge in [0.15, 0.2) is 0 Å². The predicted molar refractivity (Wildman–Crippen MR) is 70.8 cm³/mol. The summed E-state index contributed by atoms with van der Waals surface area (Å²) in [5.41, 5.74) is 1.02. The number of hydrogen-bond donors (Lipinski definition) is 2. The number of carboxylic acids is 1. The van der Waals surface area contributed by atoms with Crippen LogP contribution in [0.1, 0.15) is 32.8 Å². The van der Waals surface area contributed by atoms with E-state index in [0.29, 0.717) is 13.0 Å². The Hall–Kier alpha value is -1.55. The van der Waals surface area contributed by atoms with E-state index in [1.165, 1.54) is 0 Å². The van der Waals surface area contributed by atoms with Crippen molar-refractivity contribution in [1.82, 2.24) is 5.32 Å². The average Bonchev–Trinajstić information content (AvgIpc) is 2.29. The molecule has 0 fully saturated rings. The van der Waals surface area contributed by atoms with E-state index in [0.717, 1.165) is 11.3 Å². The monoisotopic (exact) mass is 251 g/mol. The molecule has 0 radical (unpaired) electrons. The third-order valence-electron chi connectivity index (χ3n) is 2.53. The molecule has 0 aliphatic rings. The highest BCUT2D eigenvalue weighted by Gasteiger charge is 2.13. The van der Waals surface area contributed by atoms with Crippen LogP contribution in [0.4, 0.5) is 0 Å². The quantitative estimate of drug-likeness (QED) is 0.781. The molecule has 0 heterocycles. The molecule has 100 valence electrons. The molecule has 0 aliphatic heterocycles. The number of rotatable bonds is 7. The summed E-state index contributed by atoms with van der Waals surface area (Å²) in [5.74, 6) is -0.000224. The Balaban J connectivity index is 2.59. The molecular formula is C14H21NO3. The molecule has 0 saturated heterocycles. The van der Waals surface area contributed by atoms with Crippen LogP contribution in [-0.4, -0.2) is 23.2 Å². The van der Waals surface area contributed by atoms with E-state index in [1.54, 1.807) is 0 Å². The van der Waals surface area contributed by atoms with Crippen LogP contribution in [0, 0.1) is 0 Å². The molecule has 1 rings (SSSR count). The van der Waals surface area contributed by atoms with Crippen LogP contribution in [0.25, 0.3) is 0 Å². The molecule has 0 aromatic heterocycles.